The number of thioether (sulfide) groups is 1. The van der Waals surface area contributed by atoms with E-state index in [1.165, 1.54) is 30.3 Å². The van der Waals surface area contributed by atoms with Gasteiger partial charge >= 0.3 is 0 Å². The monoisotopic (exact) mass is 446 g/mol. The highest BCUT2D eigenvalue weighted by Crippen LogP contribution is 2.19. The van der Waals surface area contributed by atoms with E-state index in [2.05, 4.69) is 10.0 Å². The van der Waals surface area contributed by atoms with Gasteiger partial charge < -0.3 is 5.32 Å². The van der Waals surface area contributed by atoms with Gasteiger partial charge in [-0.3, -0.25) is 9.52 Å². The van der Waals surface area contributed by atoms with E-state index in [0.29, 0.717) is 22.8 Å². The predicted octanol–water partition coefficient (Wildman–Crippen LogP) is 4.66. The Labute approximate surface area is 179 Å². The van der Waals surface area contributed by atoms with E-state index < -0.39 is 10.0 Å². The first kappa shape index (κ1) is 21.2. The summed E-state index contributed by atoms with van der Waals surface area (Å²) in [4.78, 5) is 13.6. The van der Waals surface area contributed by atoms with Gasteiger partial charge in [-0.15, -0.1) is 11.8 Å². The lowest BCUT2D eigenvalue weighted by molar-refractivity contribution is 0.0956. The standard InChI is InChI=1S/C21H19ClN2O3S2/c22-17-9-11-20(12-10-17)29(26,27)24-18-6-4-5-16(15-18)21(25)23-13-14-28-19-7-2-1-3-8-19/h1-12,15,24H,13-14H2,(H,23,25). The molecule has 0 aliphatic heterocycles. The van der Waals surface area contributed by atoms with Crippen molar-refractivity contribution in [2.75, 3.05) is 17.0 Å². The molecule has 0 radical (unpaired) electrons. The maximum absolute atomic E-state index is 12.5. The zero-order valence-corrected chi connectivity index (χ0v) is 17.7. The minimum absolute atomic E-state index is 0.0923. The van der Waals surface area contributed by atoms with Crippen molar-refractivity contribution in [2.45, 2.75) is 9.79 Å². The molecule has 8 heteroatoms. The quantitative estimate of drug-likeness (QED) is 0.389. The number of hydrogen-bond donors (Lipinski definition) is 2. The molecule has 0 aromatic heterocycles. The fourth-order valence-corrected chi connectivity index (χ4v) is 4.47. The number of sulfonamides is 1. The molecule has 0 aliphatic carbocycles. The maximum atomic E-state index is 12.5. The average molecular weight is 447 g/mol. The molecule has 150 valence electrons. The summed E-state index contributed by atoms with van der Waals surface area (Å²) in [5.41, 5.74) is 0.692. The lowest BCUT2D eigenvalue weighted by Crippen LogP contribution is -2.25. The van der Waals surface area contributed by atoms with Crippen molar-refractivity contribution in [3.05, 3.63) is 89.4 Å². The lowest BCUT2D eigenvalue weighted by Gasteiger charge is -2.10. The van der Waals surface area contributed by atoms with E-state index in [4.69, 9.17) is 11.6 Å². The Morgan fingerprint density at radius 1 is 0.931 bits per heavy atom. The number of carbonyl (C=O) groups is 1. The van der Waals surface area contributed by atoms with Crippen LogP contribution in [-0.2, 0) is 10.0 Å². The summed E-state index contributed by atoms with van der Waals surface area (Å²) in [6.07, 6.45) is 0. The molecule has 0 unspecified atom stereocenters. The summed E-state index contributed by atoms with van der Waals surface area (Å²) in [7, 11) is -3.77. The van der Waals surface area contributed by atoms with E-state index in [9.17, 15) is 13.2 Å². The molecule has 3 rings (SSSR count). The number of carbonyl (C=O) groups excluding carboxylic acids is 1. The molecule has 0 aliphatic rings. The van der Waals surface area contributed by atoms with Gasteiger partial charge in [0.15, 0.2) is 0 Å². The Balaban J connectivity index is 1.58. The summed E-state index contributed by atoms with van der Waals surface area (Å²) < 4.78 is 27.4. The molecule has 1 amide bonds. The molecule has 0 saturated heterocycles. The Kier molecular flexibility index (Phi) is 7.19. The molecule has 0 spiro atoms. The van der Waals surface area contributed by atoms with Crippen LogP contribution in [0.4, 0.5) is 5.69 Å². The van der Waals surface area contributed by atoms with Gasteiger partial charge in [0.05, 0.1) is 4.90 Å². The third-order valence-electron chi connectivity index (χ3n) is 3.90. The molecule has 0 heterocycles. The van der Waals surface area contributed by atoms with Gasteiger partial charge in [-0.05, 0) is 54.6 Å². The first-order valence-electron chi connectivity index (χ1n) is 8.78. The van der Waals surface area contributed by atoms with Gasteiger partial charge in [-0.25, -0.2) is 8.42 Å². The third-order valence-corrected chi connectivity index (χ3v) is 6.56. The smallest absolute Gasteiger partial charge is 0.261 e. The van der Waals surface area contributed by atoms with Crippen LogP contribution in [0.1, 0.15) is 10.4 Å². The normalized spacial score (nSPS) is 11.1. The molecule has 0 saturated carbocycles. The molecule has 5 nitrogen and oxygen atoms in total. The zero-order chi connectivity index (χ0) is 20.7. The molecular weight excluding hydrogens is 428 g/mol. The summed E-state index contributed by atoms with van der Waals surface area (Å²) in [5.74, 6) is 0.477. The summed E-state index contributed by atoms with van der Waals surface area (Å²) >= 11 is 7.45. The lowest BCUT2D eigenvalue weighted by atomic mass is 10.2. The van der Waals surface area contributed by atoms with Crippen LogP contribution in [0.15, 0.2) is 88.7 Å². The van der Waals surface area contributed by atoms with Crippen LogP contribution < -0.4 is 10.0 Å². The van der Waals surface area contributed by atoms with Crippen LogP contribution in [0.25, 0.3) is 0 Å². The topological polar surface area (TPSA) is 75.3 Å². The van der Waals surface area contributed by atoms with E-state index in [0.717, 1.165) is 10.6 Å². The Morgan fingerprint density at radius 3 is 2.38 bits per heavy atom. The van der Waals surface area contributed by atoms with Crippen molar-refractivity contribution >= 4 is 45.0 Å². The van der Waals surface area contributed by atoms with Crippen LogP contribution >= 0.6 is 23.4 Å². The number of halogens is 1. The largest absolute Gasteiger partial charge is 0.351 e. The number of nitrogens with one attached hydrogen (secondary N) is 2. The molecule has 0 atom stereocenters. The highest BCUT2D eigenvalue weighted by Gasteiger charge is 2.15. The van der Waals surface area contributed by atoms with E-state index in [1.807, 2.05) is 30.3 Å². The van der Waals surface area contributed by atoms with Crippen molar-refractivity contribution < 1.29 is 13.2 Å². The summed E-state index contributed by atoms with van der Waals surface area (Å²) in [6, 6.07) is 22.2. The Hall–Kier alpha value is -2.48. The number of hydrogen-bond acceptors (Lipinski definition) is 4. The highest BCUT2D eigenvalue weighted by molar-refractivity contribution is 7.99. The zero-order valence-electron chi connectivity index (χ0n) is 15.3. The molecule has 3 aromatic carbocycles. The fourth-order valence-electron chi connectivity index (χ4n) is 2.50. The molecule has 3 aromatic rings. The van der Waals surface area contributed by atoms with E-state index in [1.54, 1.807) is 30.0 Å². The second-order valence-electron chi connectivity index (χ2n) is 6.06. The average Bonchev–Trinajstić information content (AvgIpc) is 2.72. The number of anilines is 1. The molecule has 0 fully saturated rings. The van der Waals surface area contributed by atoms with Crippen molar-refractivity contribution in [1.29, 1.82) is 0 Å². The van der Waals surface area contributed by atoms with Gasteiger partial charge in [0.25, 0.3) is 15.9 Å². The van der Waals surface area contributed by atoms with Crippen LogP contribution in [0.5, 0.6) is 0 Å². The van der Waals surface area contributed by atoms with Crippen molar-refractivity contribution in [1.82, 2.24) is 5.32 Å². The fraction of sp³-hybridized carbons (Fsp3) is 0.0952. The van der Waals surface area contributed by atoms with E-state index >= 15 is 0 Å². The third kappa shape index (κ3) is 6.25. The number of rotatable bonds is 8. The maximum Gasteiger partial charge on any atom is 0.261 e. The van der Waals surface area contributed by atoms with Crippen LogP contribution in [0.2, 0.25) is 5.02 Å². The van der Waals surface area contributed by atoms with Gasteiger partial charge in [-0.1, -0.05) is 35.9 Å². The van der Waals surface area contributed by atoms with Crippen LogP contribution in [-0.4, -0.2) is 26.6 Å². The predicted molar refractivity (Wildman–Crippen MR) is 118 cm³/mol. The highest BCUT2D eigenvalue weighted by atomic mass is 35.5. The summed E-state index contributed by atoms with van der Waals surface area (Å²) in [5, 5.41) is 3.30. The molecule has 2 N–H and O–H groups in total. The molecule has 29 heavy (non-hydrogen) atoms. The van der Waals surface area contributed by atoms with Crippen LogP contribution in [0, 0.1) is 0 Å². The van der Waals surface area contributed by atoms with E-state index in [-0.39, 0.29) is 10.8 Å². The molecule has 0 bridgehead atoms. The van der Waals surface area contributed by atoms with Gasteiger partial charge in [0.1, 0.15) is 0 Å². The minimum atomic E-state index is -3.77. The minimum Gasteiger partial charge on any atom is -0.351 e. The Bertz CT molecular complexity index is 1070. The first-order chi connectivity index (χ1) is 13.9. The first-order valence-corrected chi connectivity index (χ1v) is 11.6. The second-order valence-corrected chi connectivity index (χ2v) is 9.34. The van der Waals surface area contributed by atoms with Gasteiger partial charge in [0, 0.05) is 33.5 Å². The van der Waals surface area contributed by atoms with Gasteiger partial charge in [-0.2, -0.15) is 0 Å². The number of amides is 1. The van der Waals surface area contributed by atoms with Crippen LogP contribution in [0.3, 0.4) is 0 Å². The van der Waals surface area contributed by atoms with Crippen molar-refractivity contribution in [3.63, 3.8) is 0 Å². The van der Waals surface area contributed by atoms with Crippen molar-refractivity contribution in [3.8, 4) is 0 Å². The molecular formula is C21H19ClN2O3S2. The van der Waals surface area contributed by atoms with Crippen molar-refractivity contribution in [2.24, 2.45) is 0 Å². The number of benzene rings is 3. The summed E-state index contributed by atoms with van der Waals surface area (Å²) in [6.45, 7) is 0.499. The van der Waals surface area contributed by atoms with Gasteiger partial charge in [0.2, 0.25) is 0 Å². The second kappa shape index (κ2) is 9.82. The Morgan fingerprint density at radius 2 is 1.66 bits per heavy atom. The SMILES string of the molecule is O=C(NCCSc1ccccc1)c1cccc(NS(=O)(=O)c2ccc(Cl)cc2)c1.